The highest BCUT2D eigenvalue weighted by atomic mass is 19.3. The zero-order chi connectivity index (χ0) is 22.1. The van der Waals surface area contributed by atoms with E-state index >= 15 is 0 Å². The molecule has 3 heterocycles. The van der Waals surface area contributed by atoms with Crippen molar-refractivity contribution in [3.63, 3.8) is 0 Å². The number of hydrogen-bond donors (Lipinski definition) is 1. The zero-order valence-electron chi connectivity index (χ0n) is 16.4. The molecule has 1 N–H and O–H groups in total. The van der Waals surface area contributed by atoms with Crippen molar-refractivity contribution in [3.8, 4) is 11.3 Å². The predicted octanol–water partition coefficient (Wildman–Crippen LogP) is 3.11. The summed E-state index contributed by atoms with van der Waals surface area (Å²) in [6.45, 7) is 0. The van der Waals surface area contributed by atoms with Gasteiger partial charge in [0.1, 0.15) is 11.3 Å². The van der Waals surface area contributed by atoms with Gasteiger partial charge < -0.3 is 10.1 Å². The van der Waals surface area contributed by atoms with Gasteiger partial charge in [0.2, 0.25) is 0 Å². The Balaban J connectivity index is 1.79. The molecule has 0 aliphatic heterocycles. The van der Waals surface area contributed by atoms with E-state index in [9.17, 15) is 18.4 Å². The van der Waals surface area contributed by atoms with Crippen LogP contribution in [0.15, 0.2) is 48.8 Å². The molecule has 0 fully saturated rings. The first-order valence-corrected chi connectivity index (χ1v) is 9.04. The van der Waals surface area contributed by atoms with Crippen molar-refractivity contribution in [2.45, 2.75) is 6.43 Å². The minimum absolute atomic E-state index is 0.0264. The quantitative estimate of drug-likeness (QED) is 0.492. The van der Waals surface area contributed by atoms with Gasteiger partial charge in [0, 0.05) is 12.6 Å². The number of rotatable bonds is 5. The number of ether oxygens (including phenoxy) is 1. The second-order valence-corrected chi connectivity index (χ2v) is 6.50. The Morgan fingerprint density at radius 2 is 1.87 bits per heavy atom. The van der Waals surface area contributed by atoms with Gasteiger partial charge in [0.25, 0.3) is 12.3 Å². The van der Waals surface area contributed by atoms with Crippen LogP contribution in [0.2, 0.25) is 0 Å². The Bertz CT molecular complexity index is 1280. The van der Waals surface area contributed by atoms with Crippen LogP contribution in [0.5, 0.6) is 0 Å². The molecule has 158 valence electrons. The van der Waals surface area contributed by atoms with Crippen LogP contribution in [0.4, 0.5) is 14.5 Å². The van der Waals surface area contributed by atoms with Crippen LogP contribution in [-0.2, 0) is 11.8 Å². The Labute approximate surface area is 174 Å². The molecule has 4 aromatic rings. The van der Waals surface area contributed by atoms with Gasteiger partial charge in [-0.05, 0) is 6.07 Å². The summed E-state index contributed by atoms with van der Waals surface area (Å²) in [6.07, 6.45) is -0.413. The highest BCUT2D eigenvalue weighted by Crippen LogP contribution is 2.27. The molecule has 1 amide bonds. The molecule has 3 aromatic heterocycles. The van der Waals surface area contributed by atoms with Gasteiger partial charge in [-0.2, -0.15) is 10.2 Å². The lowest BCUT2D eigenvalue weighted by Gasteiger charge is -2.09. The summed E-state index contributed by atoms with van der Waals surface area (Å²) < 4.78 is 34.2. The molecule has 11 heteroatoms. The van der Waals surface area contributed by atoms with E-state index in [1.165, 1.54) is 31.1 Å². The molecule has 0 saturated heterocycles. The lowest BCUT2D eigenvalue weighted by Crippen LogP contribution is -2.16. The number of carbonyl (C=O) groups excluding carboxylic acids is 2. The molecule has 0 saturated carbocycles. The minimum Gasteiger partial charge on any atom is -0.464 e. The standard InChI is InChI=1S/C20H16F2N6O3/c1-27-16(20(30)31-2)14(10-23-27)26-19(29)12-9-24-28-15(17(21)22)8-13(25-18(12)28)11-6-4-3-5-7-11/h3-10,17H,1-2H3,(H,26,29). The first-order chi connectivity index (χ1) is 14.9. The number of benzene rings is 1. The van der Waals surface area contributed by atoms with Gasteiger partial charge in [0.15, 0.2) is 11.3 Å². The molecule has 1 aromatic carbocycles. The Hall–Kier alpha value is -4.15. The number of alkyl halides is 2. The number of fused-ring (bicyclic) bond motifs is 1. The van der Waals surface area contributed by atoms with Crippen molar-refractivity contribution < 1.29 is 23.1 Å². The molecule has 31 heavy (non-hydrogen) atoms. The minimum atomic E-state index is -2.84. The number of amides is 1. The van der Waals surface area contributed by atoms with Gasteiger partial charge in [-0.25, -0.2) is 23.1 Å². The number of esters is 1. The van der Waals surface area contributed by atoms with Gasteiger partial charge >= 0.3 is 5.97 Å². The maximum atomic E-state index is 13.7. The maximum absolute atomic E-state index is 13.7. The number of anilines is 1. The van der Waals surface area contributed by atoms with Gasteiger partial charge in [-0.3, -0.25) is 9.48 Å². The van der Waals surface area contributed by atoms with Crippen molar-refractivity contribution >= 4 is 23.2 Å². The van der Waals surface area contributed by atoms with Crippen molar-refractivity contribution in [1.29, 1.82) is 0 Å². The fourth-order valence-corrected chi connectivity index (χ4v) is 3.12. The molecule has 0 atom stereocenters. The maximum Gasteiger partial charge on any atom is 0.358 e. The van der Waals surface area contributed by atoms with E-state index < -0.39 is 24.0 Å². The Kier molecular flexibility index (Phi) is 5.15. The van der Waals surface area contributed by atoms with E-state index in [1.54, 1.807) is 30.3 Å². The van der Waals surface area contributed by atoms with Gasteiger partial charge in [-0.15, -0.1) is 0 Å². The van der Waals surface area contributed by atoms with Crippen molar-refractivity contribution in [3.05, 3.63) is 65.7 Å². The highest BCUT2D eigenvalue weighted by Gasteiger charge is 2.24. The molecule has 0 aliphatic carbocycles. The highest BCUT2D eigenvalue weighted by molar-refractivity contribution is 6.10. The second-order valence-electron chi connectivity index (χ2n) is 6.50. The van der Waals surface area contributed by atoms with Crippen molar-refractivity contribution in [2.75, 3.05) is 12.4 Å². The van der Waals surface area contributed by atoms with E-state index in [0.29, 0.717) is 5.56 Å². The van der Waals surface area contributed by atoms with E-state index in [1.807, 2.05) is 0 Å². The molecule has 0 spiro atoms. The molecule has 0 bridgehead atoms. The smallest absolute Gasteiger partial charge is 0.358 e. The van der Waals surface area contributed by atoms with Crippen LogP contribution in [0.25, 0.3) is 16.9 Å². The third kappa shape index (κ3) is 3.61. The topological polar surface area (TPSA) is 103 Å². The van der Waals surface area contributed by atoms with E-state index in [-0.39, 0.29) is 28.3 Å². The summed E-state index contributed by atoms with van der Waals surface area (Å²) in [7, 11) is 2.72. The molecule has 9 nitrogen and oxygen atoms in total. The largest absolute Gasteiger partial charge is 0.464 e. The molecule has 0 radical (unpaired) electrons. The number of nitrogens with one attached hydrogen (secondary N) is 1. The average molecular weight is 426 g/mol. The monoisotopic (exact) mass is 426 g/mol. The molecule has 0 aliphatic rings. The van der Waals surface area contributed by atoms with Crippen molar-refractivity contribution in [2.24, 2.45) is 7.05 Å². The Morgan fingerprint density at radius 1 is 1.13 bits per heavy atom. The fraction of sp³-hybridized carbons (Fsp3) is 0.150. The first-order valence-electron chi connectivity index (χ1n) is 9.04. The van der Waals surface area contributed by atoms with Crippen LogP contribution in [-0.4, -0.2) is 43.4 Å². The van der Waals surface area contributed by atoms with Crippen LogP contribution in [0, 0.1) is 0 Å². The third-order valence-corrected chi connectivity index (χ3v) is 4.60. The van der Waals surface area contributed by atoms with Gasteiger partial charge in [0.05, 0.1) is 30.9 Å². The number of methoxy groups -OCH3 is 1. The van der Waals surface area contributed by atoms with E-state index in [4.69, 9.17) is 4.74 Å². The number of carbonyl (C=O) groups is 2. The summed E-state index contributed by atoms with van der Waals surface area (Å²) in [4.78, 5) is 29.3. The number of aryl methyl sites for hydroxylation is 1. The van der Waals surface area contributed by atoms with E-state index in [2.05, 4.69) is 20.5 Å². The van der Waals surface area contributed by atoms with Crippen LogP contribution < -0.4 is 5.32 Å². The number of nitrogens with zero attached hydrogens (tertiary/aromatic N) is 5. The molecule has 0 unspecified atom stereocenters. The normalized spacial score (nSPS) is 11.1. The third-order valence-electron chi connectivity index (χ3n) is 4.60. The summed E-state index contributed by atoms with van der Waals surface area (Å²) >= 11 is 0. The molecule has 4 rings (SSSR count). The summed E-state index contributed by atoms with van der Waals surface area (Å²) in [5.74, 6) is -1.38. The lowest BCUT2D eigenvalue weighted by atomic mass is 10.1. The average Bonchev–Trinajstić information content (AvgIpc) is 3.36. The van der Waals surface area contributed by atoms with Crippen LogP contribution in [0.3, 0.4) is 0 Å². The lowest BCUT2D eigenvalue weighted by molar-refractivity contribution is 0.0589. The number of aromatic nitrogens is 5. The second kappa shape index (κ2) is 7.94. The zero-order valence-corrected chi connectivity index (χ0v) is 16.4. The van der Waals surface area contributed by atoms with Crippen LogP contribution in [0.1, 0.15) is 33.0 Å². The first kappa shape index (κ1) is 20.1. The van der Waals surface area contributed by atoms with Gasteiger partial charge in [-0.1, -0.05) is 30.3 Å². The van der Waals surface area contributed by atoms with Crippen LogP contribution >= 0.6 is 0 Å². The summed E-state index contributed by atoms with van der Waals surface area (Å²) in [5.41, 5.74) is 0.524. The molecular formula is C20H16F2N6O3. The predicted molar refractivity (Wildman–Crippen MR) is 106 cm³/mol. The fourth-order valence-electron chi connectivity index (χ4n) is 3.12. The summed E-state index contributed by atoms with van der Waals surface area (Å²) in [5, 5.41) is 10.4. The Morgan fingerprint density at radius 3 is 2.55 bits per heavy atom. The number of halogens is 2. The SMILES string of the molecule is COC(=O)c1c(NC(=O)c2cnn3c(C(F)F)cc(-c4ccccc4)nc23)cnn1C. The van der Waals surface area contributed by atoms with E-state index in [0.717, 1.165) is 10.7 Å². The van der Waals surface area contributed by atoms with Crippen molar-refractivity contribution in [1.82, 2.24) is 24.4 Å². The number of hydrogen-bond acceptors (Lipinski definition) is 6. The summed E-state index contributed by atoms with van der Waals surface area (Å²) in [6, 6.07) is 9.98. The molecular weight excluding hydrogens is 410 g/mol.